The summed E-state index contributed by atoms with van der Waals surface area (Å²) in [5.74, 6) is 0. The van der Waals surface area contributed by atoms with Crippen molar-refractivity contribution >= 4 is 16.5 Å². The largest absolute Gasteiger partial charge is 0.319 e. The minimum Gasteiger partial charge on any atom is -0.311 e. The SMILES string of the molecule is CCCCCO[PH](=O)OCCCCC.CCCCCO[PH](=O)OCCCCC.[Co]. The first-order chi connectivity index (χ1) is 13.6. The molecule has 0 aliphatic rings. The average Bonchev–Trinajstić information content (AvgIpc) is 2.70. The summed E-state index contributed by atoms with van der Waals surface area (Å²) in [6.07, 6.45) is 13.0. The third-order valence-electron chi connectivity index (χ3n) is 3.87. The molecule has 29 heavy (non-hydrogen) atoms. The fourth-order valence-corrected chi connectivity index (χ4v) is 3.52. The topological polar surface area (TPSA) is 71.1 Å². The molecule has 1 radical (unpaired) electrons. The summed E-state index contributed by atoms with van der Waals surface area (Å²) in [6.45, 7) is 10.8. The van der Waals surface area contributed by atoms with Crippen LogP contribution >= 0.6 is 16.5 Å². The van der Waals surface area contributed by atoms with Gasteiger partial charge in [0.15, 0.2) is 0 Å². The third-order valence-corrected chi connectivity index (χ3v) is 5.63. The van der Waals surface area contributed by atoms with Gasteiger partial charge in [-0.25, -0.2) is 0 Å². The summed E-state index contributed by atoms with van der Waals surface area (Å²) in [5.41, 5.74) is 0. The molecule has 0 saturated carbocycles. The second kappa shape index (κ2) is 31.0. The maximum Gasteiger partial charge on any atom is 0.319 e. The van der Waals surface area contributed by atoms with E-state index in [0.29, 0.717) is 26.4 Å². The minimum atomic E-state index is -2.20. The molecular weight excluding hydrogens is 457 g/mol. The second-order valence-corrected chi connectivity index (χ2v) is 8.88. The van der Waals surface area contributed by atoms with Crippen LogP contribution in [0.2, 0.25) is 0 Å². The Morgan fingerprint density at radius 3 is 0.828 bits per heavy atom. The molecule has 0 amide bonds. The van der Waals surface area contributed by atoms with Crippen molar-refractivity contribution in [3.05, 3.63) is 0 Å². The van der Waals surface area contributed by atoms with Crippen LogP contribution in [0.4, 0.5) is 0 Å². The molecule has 0 N–H and O–H groups in total. The minimum absolute atomic E-state index is 0. The van der Waals surface area contributed by atoms with Crippen LogP contribution in [0, 0.1) is 0 Å². The van der Waals surface area contributed by atoms with Crippen molar-refractivity contribution in [1.29, 1.82) is 0 Å². The van der Waals surface area contributed by atoms with Crippen molar-refractivity contribution in [3.63, 3.8) is 0 Å². The van der Waals surface area contributed by atoms with Gasteiger partial charge in [-0.2, -0.15) is 0 Å². The molecule has 0 fully saturated rings. The number of hydrogen-bond donors (Lipinski definition) is 0. The molecule has 0 aliphatic carbocycles. The van der Waals surface area contributed by atoms with Gasteiger partial charge in [-0.05, 0) is 25.7 Å². The van der Waals surface area contributed by atoms with Gasteiger partial charge in [0.05, 0.1) is 26.4 Å². The molecule has 0 rings (SSSR count). The van der Waals surface area contributed by atoms with Gasteiger partial charge in [-0.15, -0.1) is 0 Å². The Morgan fingerprint density at radius 2 is 0.655 bits per heavy atom. The maximum absolute atomic E-state index is 11.1. The van der Waals surface area contributed by atoms with Gasteiger partial charge >= 0.3 is 16.5 Å². The molecule has 0 unspecified atom stereocenters. The molecule has 0 aromatic heterocycles. The van der Waals surface area contributed by atoms with Crippen molar-refractivity contribution in [2.24, 2.45) is 0 Å². The monoisotopic (exact) mass is 503 g/mol. The van der Waals surface area contributed by atoms with Crippen molar-refractivity contribution < 1.29 is 44.0 Å². The van der Waals surface area contributed by atoms with Crippen molar-refractivity contribution in [3.8, 4) is 0 Å². The van der Waals surface area contributed by atoms with E-state index < -0.39 is 16.5 Å². The molecule has 181 valence electrons. The Kier molecular flexibility index (Phi) is 36.8. The van der Waals surface area contributed by atoms with Crippen molar-refractivity contribution in [2.75, 3.05) is 26.4 Å². The molecule has 0 spiro atoms. The number of unbranched alkanes of at least 4 members (excludes halogenated alkanes) is 8. The Bertz CT molecular complexity index is 289. The van der Waals surface area contributed by atoms with E-state index in [-0.39, 0.29) is 16.8 Å². The predicted octanol–water partition coefficient (Wildman–Crippen LogP) is 7.58. The molecule has 0 saturated heterocycles. The van der Waals surface area contributed by atoms with E-state index in [4.69, 9.17) is 18.1 Å². The quantitative estimate of drug-likeness (QED) is 0.126. The zero-order valence-corrected chi connectivity index (χ0v) is 22.1. The van der Waals surface area contributed by atoms with Crippen LogP contribution < -0.4 is 0 Å². The second-order valence-electron chi connectivity index (χ2n) is 6.72. The molecule has 0 heterocycles. The van der Waals surface area contributed by atoms with E-state index in [1.807, 2.05) is 0 Å². The van der Waals surface area contributed by atoms with Gasteiger partial charge in [0.1, 0.15) is 0 Å². The molecule has 0 atom stereocenters. The average molecular weight is 503 g/mol. The van der Waals surface area contributed by atoms with Crippen LogP contribution in [-0.2, 0) is 44.0 Å². The summed E-state index contributed by atoms with van der Waals surface area (Å²) >= 11 is 0. The molecule has 6 nitrogen and oxygen atoms in total. The van der Waals surface area contributed by atoms with E-state index in [1.54, 1.807) is 0 Å². The summed E-state index contributed by atoms with van der Waals surface area (Å²) in [7, 11) is -4.40. The van der Waals surface area contributed by atoms with Crippen LogP contribution in [0.25, 0.3) is 0 Å². The molecule has 0 aromatic carbocycles. The standard InChI is InChI=1S/2C10H23O3P.Co/c2*1-3-5-7-9-12-14(11)13-10-8-6-4-2;/h2*14H,3-10H2,1-2H3;. The normalized spacial score (nSPS) is 10.7. The van der Waals surface area contributed by atoms with E-state index in [9.17, 15) is 9.13 Å². The van der Waals surface area contributed by atoms with Crippen LogP contribution in [-0.4, -0.2) is 26.4 Å². The smallest absolute Gasteiger partial charge is 0.311 e. The van der Waals surface area contributed by atoms with Crippen molar-refractivity contribution in [2.45, 2.75) is 105 Å². The van der Waals surface area contributed by atoms with E-state index in [2.05, 4.69) is 27.7 Å². The Labute approximate surface area is 191 Å². The van der Waals surface area contributed by atoms with Gasteiger partial charge in [-0.3, -0.25) is 9.13 Å². The molecule has 9 heteroatoms. The van der Waals surface area contributed by atoms with Gasteiger partial charge < -0.3 is 18.1 Å². The fourth-order valence-electron chi connectivity index (χ4n) is 2.11. The first-order valence-corrected chi connectivity index (χ1v) is 13.7. The van der Waals surface area contributed by atoms with E-state index >= 15 is 0 Å². The zero-order chi connectivity index (χ0) is 21.3. The molecule has 0 aromatic rings. The first kappa shape index (κ1) is 34.4. The fraction of sp³-hybridized carbons (Fsp3) is 1.00. The maximum atomic E-state index is 11.1. The zero-order valence-electron chi connectivity index (χ0n) is 19.1. The third kappa shape index (κ3) is 33.6. The van der Waals surface area contributed by atoms with Gasteiger partial charge in [-0.1, -0.05) is 79.1 Å². The molecule has 0 aliphatic heterocycles. The number of rotatable bonds is 20. The summed E-state index contributed by atoms with van der Waals surface area (Å²) in [5, 5.41) is 0. The summed E-state index contributed by atoms with van der Waals surface area (Å²) in [6, 6.07) is 0. The van der Waals surface area contributed by atoms with Gasteiger partial charge in [0.25, 0.3) is 0 Å². The predicted molar refractivity (Wildman–Crippen MR) is 120 cm³/mol. The molecule has 0 bridgehead atoms. The van der Waals surface area contributed by atoms with Gasteiger partial charge in [0, 0.05) is 16.8 Å². The van der Waals surface area contributed by atoms with Gasteiger partial charge in [0.2, 0.25) is 0 Å². The Hall–Kier alpha value is 0.806. The number of hydrogen-bond acceptors (Lipinski definition) is 6. The Balaban J connectivity index is -0.000000451. The van der Waals surface area contributed by atoms with Crippen LogP contribution in [0.1, 0.15) is 105 Å². The van der Waals surface area contributed by atoms with Crippen LogP contribution in [0.15, 0.2) is 0 Å². The van der Waals surface area contributed by atoms with E-state index in [1.165, 1.54) is 0 Å². The van der Waals surface area contributed by atoms with Crippen LogP contribution in [0.3, 0.4) is 0 Å². The summed E-state index contributed by atoms with van der Waals surface area (Å²) in [4.78, 5) is 0. The molecular formula is C20H46CoO6P2. The van der Waals surface area contributed by atoms with Crippen molar-refractivity contribution in [1.82, 2.24) is 0 Å². The van der Waals surface area contributed by atoms with Crippen LogP contribution in [0.5, 0.6) is 0 Å². The summed E-state index contributed by atoms with van der Waals surface area (Å²) < 4.78 is 42.4. The van der Waals surface area contributed by atoms with E-state index in [0.717, 1.165) is 77.0 Å². The first-order valence-electron chi connectivity index (χ1n) is 11.2. The Morgan fingerprint density at radius 1 is 0.448 bits per heavy atom.